The Morgan fingerprint density at radius 3 is 1.53 bits per heavy atom. The van der Waals surface area contributed by atoms with E-state index >= 15 is 0 Å². The van der Waals surface area contributed by atoms with Crippen LogP contribution in [0, 0.1) is 0 Å². The van der Waals surface area contributed by atoms with E-state index in [-0.39, 0.29) is 21.7 Å². The number of rotatable bonds is 0. The van der Waals surface area contributed by atoms with Crippen molar-refractivity contribution in [3.05, 3.63) is 137 Å². The summed E-state index contributed by atoms with van der Waals surface area (Å²) in [5, 5.41) is 10.8. The van der Waals surface area contributed by atoms with E-state index in [1.807, 2.05) is 0 Å². The van der Waals surface area contributed by atoms with Gasteiger partial charge in [0.1, 0.15) is 0 Å². The Balaban J connectivity index is 1.32. The van der Waals surface area contributed by atoms with Gasteiger partial charge in [0, 0.05) is 21.6 Å². The van der Waals surface area contributed by atoms with Gasteiger partial charge in [-0.05, 0) is 130 Å². The molecule has 7 aromatic carbocycles. The van der Waals surface area contributed by atoms with Crippen LogP contribution in [-0.2, 0) is 21.7 Å². The van der Waals surface area contributed by atoms with E-state index in [0.717, 1.165) is 0 Å². The first kappa shape index (κ1) is 30.9. The van der Waals surface area contributed by atoms with Crippen molar-refractivity contribution in [1.82, 2.24) is 4.57 Å². The third-order valence-corrected chi connectivity index (χ3v) is 12.8. The van der Waals surface area contributed by atoms with Gasteiger partial charge in [0.25, 0.3) is 0 Å². The van der Waals surface area contributed by atoms with Crippen LogP contribution in [0.5, 0.6) is 0 Å². The normalized spacial score (nSPS) is 16.0. The number of hydrogen-bond donors (Lipinski definition) is 0. The quantitative estimate of drug-likeness (QED) is 0.143. The minimum absolute atomic E-state index is 0.0337. The number of nitrogens with zero attached hydrogens (tertiary/aromatic N) is 1. The fourth-order valence-corrected chi connectivity index (χ4v) is 9.77. The van der Waals surface area contributed by atoms with E-state index in [2.05, 4.69) is 177 Å². The molecular weight excluding hydrogens is 615 g/mol. The lowest BCUT2D eigenvalue weighted by Crippen LogP contribution is -2.28. The van der Waals surface area contributed by atoms with Gasteiger partial charge in [0.15, 0.2) is 0 Å². The summed E-state index contributed by atoms with van der Waals surface area (Å²) in [5.74, 6) is 0. The van der Waals surface area contributed by atoms with Crippen LogP contribution >= 0.6 is 0 Å². The Kier molecular flexibility index (Phi) is 5.76. The van der Waals surface area contributed by atoms with Crippen molar-refractivity contribution < 1.29 is 0 Å². The zero-order valence-corrected chi connectivity index (χ0v) is 31.8. The molecule has 2 aliphatic rings. The van der Waals surface area contributed by atoms with Gasteiger partial charge in [-0.2, -0.15) is 0 Å². The number of aromatic nitrogens is 1. The molecule has 0 saturated heterocycles. The van der Waals surface area contributed by atoms with Crippen molar-refractivity contribution in [3.8, 4) is 16.8 Å². The lowest BCUT2D eigenvalue weighted by Gasteiger charge is -2.37. The van der Waals surface area contributed by atoms with Crippen LogP contribution in [0.1, 0.15) is 103 Å². The zero-order chi connectivity index (χ0) is 35.6. The first-order valence-corrected chi connectivity index (χ1v) is 18.8. The maximum Gasteiger partial charge on any atom is 0.0582 e. The Hall–Kier alpha value is -4.88. The molecule has 0 saturated carbocycles. The Bertz CT molecular complexity index is 2860. The van der Waals surface area contributed by atoms with Gasteiger partial charge in [0.2, 0.25) is 0 Å². The predicted octanol–water partition coefficient (Wildman–Crippen LogP) is 13.8. The molecule has 0 bridgehead atoms. The Labute approximate surface area is 301 Å². The van der Waals surface area contributed by atoms with Crippen molar-refractivity contribution in [1.29, 1.82) is 0 Å². The molecule has 0 N–H and O–H groups in total. The predicted molar refractivity (Wildman–Crippen MR) is 220 cm³/mol. The third kappa shape index (κ3) is 3.93. The molecule has 0 amide bonds. The summed E-state index contributed by atoms with van der Waals surface area (Å²) in [4.78, 5) is 0. The van der Waals surface area contributed by atoms with E-state index in [1.165, 1.54) is 104 Å². The van der Waals surface area contributed by atoms with Gasteiger partial charge < -0.3 is 4.57 Å². The second kappa shape index (κ2) is 9.51. The molecule has 0 atom stereocenters. The van der Waals surface area contributed by atoms with Crippen LogP contribution in [-0.4, -0.2) is 4.57 Å². The summed E-state index contributed by atoms with van der Waals surface area (Å²) in [7, 11) is 0. The van der Waals surface area contributed by atoms with Crippen molar-refractivity contribution in [3.63, 3.8) is 0 Å². The summed E-state index contributed by atoms with van der Waals surface area (Å²) in [6.45, 7) is 23.8. The fourth-order valence-electron chi connectivity index (χ4n) is 9.77. The summed E-state index contributed by atoms with van der Waals surface area (Å²) in [6.07, 6.45) is 0. The molecule has 2 heterocycles. The van der Waals surface area contributed by atoms with E-state index in [1.54, 1.807) is 0 Å². The molecule has 252 valence electrons. The molecule has 1 aromatic heterocycles. The van der Waals surface area contributed by atoms with Crippen LogP contribution in [0.25, 0.3) is 70.9 Å². The topological polar surface area (TPSA) is 4.93 Å². The van der Waals surface area contributed by atoms with Crippen molar-refractivity contribution >= 4 is 54.1 Å². The van der Waals surface area contributed by atoms with E-state index in [9.17, 15) is 0 Å². The van der Waals surface area contributed by atoms with E-state index in [4.69, 9.17) is 0 Å². The molecule has 1 aliphatic carbocycles. The lowest BCUT2D eigenvalue weighted by atomic mass is 9.71. The molecule has 51 heavy (non-hydrogen) atoms. The van der Waals surface area contributed by atoms with Crippen LogP contribution < -0.4 is 0 Å². The molecular formula is C50H47N. The highest BCUT2D eigenvalue weighted by molar-refractivity contribution is 6.26. The molecule has 0 fully saturated rings. The van der Waals surface area contributed by atoms with Gasteiger partial charge in [-0.3, -0.25) is 0 Å². The van der Waals surface area contributed by atoms with Crippen LogP contribution in [0.2, 0.25) is 0 Å². The van der Waals surface area contributed by atoms with Gasteiger partial charge in [-0.15, -0.1) is 0 Å². The zero-order valence-electron chi connectivity index (χ0n) is 31.8. The standard InChI is InChI=1S/C50H47N/c1-47(2,3)28-19-20-44-38(21-28)39-22-29(48(4,5)6)23-43-46(39)51(44)45-27-41-37(26-42(45)50(43,9)10)36-24-34-32-17-13-11-15-30(32)31-16-12-14-18-33(31)35(34)25-40(36)49(41,7)8/h11-27H,1-10H3. The number of benzene rings is 7. The molecule has 0 spiro atoms. The lowest BCUT2D eigenvalue weighted by molar-refractivity contribution is 0.581. The van der Waals surface area contributed by atoms with E-state index in [0.29, 0.717) is 0 Å². The molecule has 8 aromatic rings. The summed E-state index contributed by atoms with van der Waals surface area (Å²) in [6, 6.07) is 40.4. The first-order chi connectivity index (χ1) is 24.1. The van der Waals surface area contributed by atoms with Crippen LogP contribution in [0.4, 0.5) is 0 Å². The average Bonchev–Trinajstić information content (AvgIpc) is 3.53. The second-order valence-corrected chi connectivity index (χ2v) is 18.7. The molecule has 0 unspecified atom stereocenters. The highest BCUT2D eigenvalue weighted by atomic mass is 15.0. The molecule has 1 heteroatoms. The maximum absolute atomic E-state index is 2.62. The van der Waals surface area contributed by atoms with Gasteiger partial charge >= 0.3 is 0 Å². The molecule has 1 nitrogen and oxygen atoms in total. The number of fused-ring (bicyclic) bond motifs is 14. The monoisotopic (exact) mass is 661 g/mol. The largest absolute Gasteiger partial charge is 0.309 e. The van der Waals surface area contributed by atoms with E-state index < -0.39 is 0 Å². The third-order valence-electron chi connectivity index (χ3n) is 12.8. The minimum Gasteiger partial charge on any atom is -0.309 e. The SMILES string of the molecule is CC(C)(C)c1ccc2c(c1)c1cc(C(C)(C)C)cc3c1n2-c1cc2c(cc1C3(C)C)-c1cc3c4ccccc4c4ccccc4c3cc1C2(C)C. The van der Waals surface area contributed by atoms with Crippen molar-refractivity contribution in [2.45, 2.75) is 90.9 Å². The Morgan fingerprint density at radius 1 is 0.412 bits per heavy atom. The Morgan fingerprint density at radius 2 is 0.922 bits per heavy atom. The minimum atomic E-state index is -0.187. The van der Waals surface area contributed by atoms with Crippen molar-refractivity contribution in [2.75, 3.05) is 0 Å². The highest BCUT2D eigenvalue weighted by Crippen LogP contribution is 2.56. The van der Waals surface area contributed by atoms with Crippen LogP contribution in [0.15, 0.2) is 103 Å². The molecule has 10 rings (SSSR count). The highest BCUT2D eigenvalue weighted by Gasteiger charge is 2.42. The first-order valence-electron chi connectivity index (χ1n) is 18.8. The van der Waals surface area contributed by atoms with Crippen LogP contribution in [0.3, 0.4) is 0 Å². The number of hydrogen-bond acceptors (Lipinski definition) is 0. The molecule has 0 radical (unpaired) electrons. The van der Waals surface area contributed by atoms with Gasteiger partial charge in [-0.25, -0.2) is 0 Å². The fraction of sp³-hybridized carbons (Fsp3) is 0.280. The van der Waals surface area contributed by atoms with Gasteiger partial charge in [-0.1, -0.05) is 130 Å². The van der Waals surface area contributed by atoms with Crippen molar-refractivity contribution in [2.24, 2.45) is 0 Å². The maximum atomic E-state index is 2.62. The summed E-state index contributed by atoms with van der Waals surface area (Å²) >= 11 is 0. The molecule has 1 aliphatic heterocycles. The summed E-state index contributed by atoms with van der Waals surface area (Å²) in [5.41, 5.74) is 15.0. The van der Waals surface area contributed by atoms with Gasteiger partial charge in [0.05, 0.1) is 16.7 Å². The summed E-state index contributed by atoms with van der Waals surface area (Å²) < 4.78 is 2.62. The average molecular weight is 662 g/mol. The second-order valence-electron chi connectivity index (χ2n) is 18.7. The smallest absolute Gasteiger partial charge is 0.0582 e.